The quantitative estimate of drug-likeness (QED) is 0.0427. The summed E-state index contributed by atoms with van der Waals surface area (Å²) < 4.78 is 0. The SMILES string of the molecule is CCCCCCN1C(=O)[C@H](CCCCN=C(N)N)N(Cc2ccc(-c3ccc(CN4C(=O)N(CCCCCC)C(=O)[C@@H]4CCCCN=C(N)N)cc3)cc2)C1=O. The van der Waals surface area contributed by atoms with E-state index < -0.39 is 12.1 Å². The Kier molecular flexibility index (Phi) is 17.5. The van der Waals surface area contributed by atoms with Crippen LogP contribution in [0.5, 0.6) is 0 Å². The number of rotatable bonds is 25. The van der Waals surface area contributed by atoms with Gasteiger partial charge in [0.15, 0.2) is 11.9 Å². The van der Waals surface area contributed by atoms with Crippen molar-refractivity contribution in [2.75, 3.05) is 26.2 Å². The first-order valence-electron chi connectivity index (χ1n) is 20.6. The first-order chi connectivity index (χ1) is 27.0. The number of guanidine groups is 2. The molecule has 2 heterocycles. The van der Waals surface area contributed by atoms with Crippen molar-refractivity contribution in [1.82, 2.24) is 19.6 Å². The summed E-state index contributed by atoms with van der Waals surface area (Å²) in [7, 11) is 0. The second-order valence-corrected chi connectivity index (χ2v) is 15.0. The molecule has 2 aliphatic heterocycles. The number of amides is 6. The summed E-state index contributed by atoms with van der Waals surface area (Å²) in [5.74, 6) is -0.159. The highest BCUT2D eigenvalue weighted by molar-refractivity contribution is 6.04. The molecule has 14 nitrogen and oxygen atoms in total. The topological polar surface area (TPSA) is 210 Å². The first kappa shape index (κ1) is 43.6. The largest absolute Gasteiger partial charge is 0.370 e. The van der Waals surface area contributed by atoms with Crippen molar-refractivity contribution in [3.63, 3.8) is 0 Å². The van der Waals surface area contributed by atoms with E-state index in [1.807, 2.05) is 48.5 Å². The molecule has 0 bridgehead atoms. The minimum atomic E-state index is -0.518. The lowest BCUT2D eigenvalue weighted by atomic mass is 10.0. The van der Waals surface area contributed by atoms with E-state index in [9.17, 15) is 19.2 Å². The number of urea groups is 2. The molecule has 0 unspecified atom stereocenters. The third kappa shape index (κ3) is 12.4. The minimum Gasteiger partial charge on any atom is -0.370 e. The zero-order chi connectivity index (χ0) is 40.5. The smallest absolute Gasteiger partial charge is 0.327 e. The zero-order valence-electron chi connectivity index (χ0n) is 33.5. The van der Waals surface area contributed by atoms with Crippen LogP contribution < -0.4 is 22.9 Å². The molecule has 0 aromatic heterocycles. The maximum atomic E-state index is 13.6. The third-order valence-electron chi connectivity index (χ3n) is 10.6. The fourth-order valence-corrected chi connectivity index (χ4v) is 7.42. The lowest BCUT2D eigenvalue weighted by molar-refractivity contribution is -0.129. The number of carbonyl (C=O) groups excluding carboxylic acids is 4. The Morgan fingerprint density at radius 1 is 0.518 bits per heavy atom. The molecule has 2 aliphatic rings. The van der Waals surface area contributed by atoms with Gasteiger partial charge in [-0.2, -0.15) is 0 Å². The Balaban J connectivity index is 1.41. The van der Waals surface area contributed by atoms with Crippen molar-refractivity contribution < 1.29 is 19.2 Å². The van der Waals surface area contributed by atoms with Gasteiger partial charge < -0.3 is 32.7 Å². The van der Waals surface area contributed by atoms with Gasteiger partial charge in [-0.05, 0) is 73.6 Å². The van der Waals surface area contributed by atoms with Crippen LogP contribution in [0.25, 0.3) is 11.1 Å². The molecule has 14 heteroatoms. The lowest BCUT2D eigenvalue weighted by Gasteiger charge is -2.22. The molecular formula is C42H64N10O4. The molecule has 2 aromatic rings. The van der Waals surface area contributed by atoms with Crippen LogP contribution in [0.15, 0.2) is 58.5 Å². The number of hydrogen-bond donors (Lipinski definition) is 4. The number of benzene rings is 2. The summed E-state index contributed by atoms with van der Waals surface area (Å²) in [6.07, 6.45) is 11.9. The molecule has 0 saturated carbocycles. The summed E-state index contributed by atoms with van der Waals surface area (Å²) in [6, 6.07) is 14.6. The van der Waals surface area contributed by atoms with Crippen LogP contribution in [0.3, 0.4) is 0 Å². The van der Waals surface area contributed by atoms with Gasteiger partial charge in [-0.25, -0.2) is 9.59 Å². The molecule has 2 fully saturated rings. The predicted molar refractivity (Wildman–Crippen MR) is 222 cm³/mol. The summed E-state index contributed by atoms with van der Waals surface area (Å²) in [5.41, 5.74) is 25.7. The van der Waals surface area contributed by atoms with Crippen LogP contribution in [0, 0.1) is 0 Å². The number of nitrogens with two attached hydrogens (primary N) is 4. The second-order valence-electron chi connectivity index (χ2n) is 15.0. The molecule has 2 atom stereocenters. The standard InChI is InChI=1S/C42H64N10O4/c1-3-5-7-13-27-49-37(53)35(15-9-11-25-47-39(43)44)51(41(49)55)29-31-17-21-33(22-18-31)34-23-19-32(20-24-34)30-52-36(16-10-12-26-48-40(45)46)38(54)50(42(52)56)28-14-8-6-4-2/h17-24,35-36H,3-16,25-30H2,1-2H3,(H4,43,44,47)(H4,45,46,48)/t35-,36-/m0/s1. The van der Waals surface area contributed by atoms with E-state index in [0.717, 1.165) is 99.3 Å². The monoisotopic (exact) mass is 773 g/mol. The number of hydrogen-bond acceptors (Lipinski definition) is 6. The van der Waals surface area contributed by atoms with Gasteiger partial charge in [0.25, 0.3) is 11.8 Å². The van der Waals surface area contributed by atoms with E-state index in [-0.39, 0.29) is 35.8 Å². The van der Waals surface area contributed by atoms with Gasteiger partial charge in [0.2, 0.25) is 0 Å². The minimum absolute atomic E-state index is 0.0465. The van der Waals surface area contributed by atoms with Crippen molar-refractivity contribution in [3.8, 4) is 11.1 Å². The van der Waals surface area contributed by atoms with Crippen LogP contribution in [0.2, 0.25) is 0 Å². The maximum Gasteiger partial charge on any atom is 0.327 e. The number of aliphatic imine (C=N–C) groups is 2. The highest BCUT2D eigenvalue weighted by Crippen LogP contribution is 2.29. The molecule has 4 rings (SSSR count). The van der Waals surface area contributed by atoms with E-state index in [4.69, 9.17) is 22.9 Å². The van der Waals surface area contributed by atoms with Crippen molar-refractivity contribution >= 4 is 35.8 Å². The molecule has 0 aliphatic carbocycles. The zero-order valence-corrected chi connectivity index (χ0v) is 33.5. The van der Waals surface area contributed by atoms with Gasteiger partial charge in [0.05, 0.1) is 0 Å². The second kappa shape index (κ2) is 22.4. The Bertz CT molecular complexity index is 1520. The van der Waals surface area contributed by atoms with Crippen LogP contribution >= 0.6 is 0 Å². The molecule has 0 radical (unpaired) electrons. The summed E-state index contributed by atoms with van der Waals surface area (Å²) in [5, 5.41) is 0. The average Bonchev–Trinajstić information content (AvgIpc) is 3.53. The van der Waals surface area contributed by atoms with Crippen molar-refractivity contribution in [3.05, 3.63) is 59.7 Å². The van der Waals surface area contributed by atoms with E-state index in [0.29, 0.717) is 52.1 Å². The molecule has 0 spiro atoms. The number of nitrogens with zero attached hydrogens (tertiary/aromatic N) is 6. The van der Waals surface area contributed by atoms with Crippen LogP contribution in [-0.4, -0.2) is 93.7 Å². The number of carbonyl (C=O) groups is 4. The fourth-order valence-electron chi connectivity index (χ4n) is 7.42. The molecule has 56 heavy (non-hydrogen) atoms. The normalized spacial score (nSPS) is 17.0. The first-order valence-corrected chi connectivity index (χ1v) is 20.6. The van der Waals surface area contributed by atoms with Crippen molar-refractivity contribution in [1.29, 1.82) is 0 Å². The third-order valence-corrected chi connectivity index (χ3v) is 10.6. The number of unbranched alkanes of at least 4 members (excludes halogenated alkanes) is 8. The molecule has 8 N–H and O–H groups in total. The van der Waals surface area contributed by atoms with Gasteiger partial charge in [-0.15, -0.1) is 0 Å². The Morgan fingerprint density at radius 3 is 1.23 bits per heavy atom. The molecule has 2 aromatic carbocycles. The Labute approximate surface area is 332 Å². The van der Waals surface area contributed by atoms with E-state index >= 15 is 0 Å². The van der Waals surface area contributed by atoms with Crippen molar-refractivity contribution in [2.24, 2.45) is 32.9 Å². The highest BCUT2D eigenvalue weighted by atomic mass is 16.2. The summed E-state index contributed by atoms with van der Waals surface area (Å²) >= 11 is 0. The van der Waals surface area contributed by atoms with Crippen molar-refractivity contribution in [2.45, 2.75) is 129 Å². The van der Waals surface area contributed by atoms with E-state index in [2.05, 4.69) is 23.8 Å². The van der Waals surface area contributed by atoms with Gasteiger partial charge >= 0.3 is 12.1 Å². The molecule has 6 amide bonds. The van der Waals surface area contributed by atoms with E-state index in [1.165, 1.54) is 9.80 Å². The van der Waals surface area contributed by atoms with Crippen LogP contribution in [0.4, 0.5) is 9.59 Å². The average molecular weight is 773 g/mol. The van der Waals surface area contributed by atoms with Gasteiger partial charge in [-0.1, -0.05) is 101 Å². The Hall–Kier alpha value is -5.14. The summed E-state index contributed by atoms with van der Waals surface area (Å²) in [4.78, 5) is 68.5. The molecular weight excluding hydrogens is 709 g/mol. The predicted octanol–water partition coefficient (Wildman–Crippen LogP) is 5.67. The molecule has 2 saturated heterocycles. The van der Waals surface area contributed by atoms with Gasteiger partial charge in [0, 0.05) is 39.3 Å². The molecule has 306 valence electrons. The van der Waals surface area contributed by atoms with Crippen LogP contribution in [0.1, 0.15) is 115 Å². The van der Waals surface area contributed by atoms with Gasteiger partial charge in [-0.3, -0.25) is 29.4 Å². The van der Waals surface area contributed by atoms with Gasteiger partial charge in [0.1, 0.15) is 12.1 Å². The Morgan fingerprint density at radius 2 is 0.893 bits per heavy atom. The lowest BCUT2D eigenvalue weighted by Crippen LogP contribution is -2.35. The fraction of sp³-hybridized carbons (Fsp3) is 0.571. The summed E-state index contributed by atoms with van der Waals surface area (Å²) in [6.45, 7) is 6.79. The van der Waals surface area contributed by atoms with E-state index in [1.54, 1.807) is 9.80 Å². The van der Waals surface area contributed by atoms with Crippen LogP contribution in [-0.2, 0) is 22.7 Å². The highest BCUT2D eigenvalue weighted by Gasteiger charge is 2.45. The maximum absolute atomic E-state index is 13.6. The number of imide groups is 2.